The molecule has 0 spiro atoms. The largest absolute Gasteiger partial charge is 0.493 e. The lowest BCUT2D eigenvalue weighted by Crippen LogP contribution is -2.44. The Balaban J connectivity index is 1.33. The Morgan fingerprint density at radius 2 is 1.61 bits per heavy atom. The number of hydrogen-bond acceptors (Lipinski definition) is 6. The minimum atomic E-state index is 0.00584. The highest BCUT2D eigenvalue weighted by molar-refractivity contribution is 5.94. The van der Waals surface area contributed by atoms with Crippen molar-refractivity contribution in [3.05, 3.63) is 41.5 Å². The number of anilines is 1. The van der Waals surface area contributed by atoms with Crippen LogP contribution in [0.15, 0.2) is 30.3 Å². The van der Waals surface area contributed by atoms with Gasteiger partial charge in [0.15, 0.2) is 23.0 Å². The zero-order valence-electron chi connectivity index (χ0n) is 22.3. The molecule has 0 radical (unpaired) electrons. The molecular weight excluding hydrogens is 456 g/mol. The van der Waals surface area contributed by atoms with Crippen LogP contribution in [0.1, 0.15) is 49.7 Å². The second-order valence-electron chi connectivity index (χ2n) is 10.2. The van der Waals surface area contributed by atoms with Crippen LogP contribution in [0.2, 0.25) is 0 Å². The van der Waals surface area contributed by atoms with E-state index in [-0.39, 0.29) is 17.2 Å². The summed E-state index contributed by atoms with van der Waals surface area (Å²) in [5.74, 6) is 3.00. The zero-order valence-corrected chi connectivity index (χ0v) is 22.3. The number of fused-ring (bicyclic) bond motifs is 1. The lowest BCUT2D eigenvalue weighted by molar-refractivity contribution is -0.120. The Morgan fingerprint density at radius 3 is 2.25 bits per heavy atom. The van der Waals surface area contributed by atoms with Crippen molar-refractivity contribution in [1.29, 1.82) is 0 Å². The molecule has 4 rings (SSSR count). The van der Waals surface area contributed by atoms with Gasteiger partial charge in [0.2, 0.25) is 5.91 Å². The molecule has 0 saturated heterocycles. The molecular formula is C29H40N2O5. The molecule has 2 aliphatic rings. The smallest absolute Gasteiger partial charge is 0.227 e. The van der Waals surface area contributed by atoms with E-state index in [0.717, 1.165) is 61.5 Å². The number of aryl methyl sites for hydroxylation is 1. The molecule has 196 valence electrons. The molecule has 2 aromatic rings. The van der Waals surface area contributed by atoms with Crippen molar-refractivity contribution in [3.63, 3.8) is 0 Å². The van der Waals surface area contributed by atoms with E-state index in [9.17, 15) is 4.79 Å². The van der Waals surface area contributed by atoms with Crippen LogP contribution in [0.5, 0.6) is 23.0 Å². The summed E-state index contributed by atoms with van der Waals surface area (Å²) in [4.78, 5) is 15.4. The molecule has 7 heteroatoms. The van der Waals surface area contributed by atoms with E-state index >= 15 is 0 Å². The number of ether oxygens (including phenoxy) is 4. The first kappa shape index (κ1) is 26.1. The topological polar surface area (TPSA) is 69.3 Å². The first-order valence-electron chi connectivity index (χ1n) is 12.9. The van der Waals surface area contributed by atoms with Gasteiger partial charge in [-0.1, -0.05) is 12.5 Å². The van der Waals surface area contributed by atoms with E-state index in [1.54, 1.807) is 28.4 Å². The highest BCUT2D eigenvalue weighted by atomic mass is 16.5. The van der Waals surface area contributed by atoms with E-state index in [2.05, 4.69) is 29.4 Å². The predicted octanol–water partition coefficient (Wildman–Crippen LogP) is 5.06. The van der Waals surface area contributed by atoms with Gasteiger partial charge in [-0.15, -0.1) is 0 Å². The summed E-state index contributed by atoms with van der Waals surface area (Å²) in [6.07, 6.45) is 7.17. The quantitative estimate of drug-likeness (QED) is 0.469. The van der Waals surface area contributed by atoms with Gasteiger partial charge in [-0.25, -0.2) is 0 Å². The fourth-order valence-corrected chi connectivity index (χ4v) is 5.73. The molecule has 2 aromatic carbocycles. The maximum atomic E-state index is 13.0. The maximum Gasteiger partial charge on any atom is 0.227 e. The number of rotatable bonds is 11. The van der Waals surface area contributed by atoms with E-state index in [4.69, 9.17) is 18.9 Å². The second-order valence-corrected chi connectivity index (χ2v) is 10.2. The molecule has 1 fully saturated rings. The first-order chi connectivity index (χ1) is 17.4. The van der Waals surface area contributed by atoms with Gasteiger partial charge in [0.1, 0.15) is 0 Å². The third-order valence-electron chi connectivity index (χ3n) is 7.97. The predicted molar refractivity (Wildman–Crippen MR) is 142 cm³/mol. The lowest BCUT2D eigenvalue weighted by Gasteiger charge is -2.45. The number of hydrogen-bond donors (Lipinski definition) is 1. The summed E-state index contributed by atoms with van der Waals surface area (Å²) < 4.78 is 21.8. The normalized spacial score (nSPS) is 18.5. The van der Waals surface area contributed by atoms with Crippen LogP contribution < -0.4 is 24.3 Å². The van der Waals surface area contributed by atoms with Crippen LogP contribution in [-0.4, -0.2) is 59.4 Å². The Kier molecular flexibility index (Phi) is 8.29. The number of carbonyl (C=O) groups is 1. The van der Waals surface area contributed by atoms with Gasteiger partial charge in [0.25, 0.3) is 0 Å². The van der Waals surface area contributed by atoms with Crippen molar-refractivity contribution in [2.24, 2.45) is 5.92 Å². The van der Waals surface area contributed by atoms with Crippen molar-refractivity contribution in [1.82, 2.24) is 4.90 Å². The average Bonchev–Trinajstić information content (AvgIpc) is 3.02. The van der Waals surface area contributed by atoms with E-state index in [0.29, 0.717) is 11.5 Å². The Labute approximate surface area is 215 Å². The Hall–Kier alpha value is -2.93. The Bertz CT molecular complexity index is 1070. The summed E-state index contributed by atoms with van der Waals surface area (Å²) >= 11 is 0. The maximum absolute atomic E-state index is 13.0. The van der Waals surface area contributed by atoms with Gasteiger partial charge in [-0.3, -0.25) is 4.79 Å². The summed E-state index contributed by atoms with van der Waals surface area (Å²) in [6, 6.07) is 10.2. The minimum absolute atomic E-state index is 0.00584. The summed E-state index contributed by atoms with van der Waals surface area (Å²) in [5, 5.41) is 3.12. The molecule has 1 amide bonds. The molecule has 0 aromatic heterocycles. The van der Waals surface area contributed by atoms with Crippen LogP contribution in [-0.2, 0) is 16.6 Å². The molecule has 1 atom stereocenters. The standard InChI is InChI=1S/C29H40N2O5/c1-31(19-29(13-7-14-29)22-11-12-24(33-2)26(17-22)35-4)15-6-8-20-9-10-21-16-25(34-3)27(36-5)18-23(21)30-28(20)32/h11-12,16-18,20H,6-10,13-15,19H2,1-5H3,(H,30,32). The molecule has 36 heavy (non-hydrogen) atoms. The summed E-state index contributed by atoms with van der Waals surface area (Å²) in [5.41, 5.74) is 3.42. The molecule has 1 heterocycles. The van der Waals surface area contributed by atoms with Crippen molar-refractivity contribution in [2.75, 3.05) is 53.9 Å². The first-order valence-corrected chi connectivity index (χ1v) is 12.9. The van der Waals surface area contributed by atoms with Gasteiger partial charge in [0.05, 0.1) is 28.4 Å². The van der Waals surface area contributed by atoms with Crippen molar-refractivity contribution in [3.8, 4) is 23.0 Å². The summed E-state index contributed by atoms with van der Waals surface area (Å²) in [7, 11) is 8.81. The minimum Gasteiger partial charge on any atom is -0.493 e. The van der Waals surface area contributed by atoms with Crippen LogP contribution >= 0.6 is 0 Å². The van der Waals surface area contributed by atoms with Gasteiger partial charge < -0.3 is 29.2 Å². The number of benzene rings is 2. The van der Waals surface area contributed by atoms with Crippen molar-refractivity contribution >= 4 is 11.6 Å². The molecule has 1 saturated carbocycles. The fraction of sp³-hybridized carbons (Fsp3) is 0.552. The monoisotopic (exact) mass is 496 g/mol. The van der Waals surface area contributed by atoms with Gasteiger partial charge in [-0.05, 0) is 81.4 Å². The van der Waals surface area contributed by atoms with E-state index in [1.807, 2.05) is 18.2 Å². The molecule has 1 aliphatic heterocycles. The molecule has 1 aliphatic carbocycles. The van der Waals surface area contributed by atoms with Gasteiger partial charge in [0, 0.05) is 29.6 Å². The molecule has 0 bridgehead atoms. The third kappa shape index (κ3) is 5.41. The number of carbonyl (C=O) groups excluding carboxylic acids is 1. The fourth-order valence-electron chi connectivity index (χ4n) is 5.73. The summed E-state index contributed by atoms with van der Waals surface area (Å²) in [6.45, 7) is 1.97. The number of amides is 1. The van der Waals surface area contributed by atoms with Crippen LogP contribution in [0.25, 0.3) is 0 Å². The highest BCUT2D eigenvalue weighted by Crippen LogP contribution is 2.46. The number of methoxy groups -OCH3 is 4. The molecule has 1 unspecified atom stereocenters. The average molecular weight is 497 g/mol. The van der Waals surface area contributed by atoms with E-state index in [1.165, 1.54) is 24.8 Å². The van der Waals surface area contributed by atoms with Crippen LogP contribution in [0.4, 0.5) is 5.69 Å². The van der Waals surface area contributed by atoms with Crippen LogP contribution in [0.3, 0.4) is 0 Å². The van der Waals surface area contributed by atoms with Crippen molar-refractivity contribution in [2.45, 2.75) is 50.4 Å². The lowest BCUT2D eigenvalue weighted by atomic mass is 9.64. The van der Waals surface area contributed by atoms with E-state index < -0.39 is 0 Å². The van der Waals surface area contributed by atoms with Gasteiger partial charge in [-0.2, -0.15) is 0 Å². The Morgan fingerprint density at radius 1 is 0.944 bits per heavy atom. The van der Waals surface area contributed by atoms with Gasteiger partial charge >= 0.3 is 0 Å². The second kappa shape index (κ2) is 11.4. The zero-order chi connectivity index (χ0) is 25.7. The third-order valence-corrected chi connectivity index (χ3v) is 7.97. The molecule has 7 nitrogen and oxygen atoms in total. The van der Waals surface area contributed by atoms with Crippen LogP contribution in [0, 0.1) is 5.92 Å². The number of nitrogens with one attached hydrogen (secondary N) is 1. The number of nitrogens with zero attached hydrogens (tertiary/aromatic N) is 1. The SMILES string of the molecule is COc1ccc(C2(CN(C)CCCC3CCc4cc(OC)c(OC)cc4NC3=O)CCC2)cc1OC. The number of likely N-dealkylation sites (N-methyl/N-ethyl adjacent to an activating group) is 1. The van der Waals surface area contributed by atoms with Crippen molar-refractivity contribution < 1.29 is 23.7 Å². The highest BCUT2D eigenvalue weighted by Gasteiger charge is 2.40. The molecule has 1 N–H and O–H groups in total.